The van der Waals surface area contributed by atoms with Crippen LogP contribution >= 0.6 is 0 Å². The first kappa shape index (κ1) is 11.5. The summed E-state index contributed by atoms with van der Waals surface area (Å²) in [5.74, 6) is -1.54. The number of carbonyl (C=O) groups is 1. The predicted molar refractivity (Wildman–Crippen MR) is 49.3 cm³/mol. The smallest absolute Gasteiger partial charge is 0.307 e. The van der Waals surface area contributed by atoms with E-state index in [0.717, 1.165) is 18.2 Å². The van der Waals surface area contributed by atoms with Crippen molar-refractivity contribution in [2.45, 2.75) is 11.3 Å². The third kappa shape index (κ3) is 2.93. The van der Waals surface area contributed by atoms with E-state index in [4.69, 9.17) is 9.66 Å². The summed E-state index contributed by atoms with van der Waals surface area (Å²) >= 11 is 0. The van der Waals surface area contributed by atoms with Crippen molar-refractivity contribution in [2.75, 3.05) is 0 Å². The maximum atomic E-state index is 10.7. The SMILES string of the molecule is O=C(O)Cc1cc(S(=O)(=O)O)ccc1O. The molecular formula is C8H8O6S. The molecule has 0 unspecified atom stereocenters. The fourth-order valence-electron chi connectivity index (χ4n) is 1.03. The third-order valence-electron chi connectivity index (χ3n) is 1.69. The van der Waals surface area contributed by atoms with Crippen molar-refractivity contribution in [3.05, 3.63) is 23.8 Å². The van der Waals surface area contributed by atoms with E-state index < -0.39 is 27.4 Å². The van der Waals surface area contributed by atoms with Crippen LogP contribution in [-0.2, 0) is 21.3 Å². The summed E-state index contributed by atoms with van der Waals surface area (Å²) in [6.45, 7) is 0. The zero-order chi connectivity index (χ0) is 11.6. The second kappa shape index (κ2) is 3.87. The van der Waals surface area contributed by atoms with Crippen LogP contribution in [0.3, 0.4) is 0 Å². The van der Waals surface area contributed by atoms with Crippen LogP contribution in [0.5, 0.6) is 5.75 Å². The molecule has 1 aromatic carbocycles. The van der Waals surface area contributed by atoms with E-state index in [1.54, 1.807) is 0 Å². The molecule has 0 radical (unpaired) electrons. The minimum atomic E-state index is -4.38. The van der Waals surface area contributed by atoms with E-state index in [2.05, 4.69) is 0 Å². The Morgan fingerprint density at radius 3 is 2.40 bits per heavy atom. The minimum Gasteiger partial charge on any atom is -0.508 e. The molecule has 82 valence electrons. The van der Waals surface area contributed by atoms with Crippen molar-refractivity contribution in [3.63, 3.8) is 0 Å². The largest absolute Gasteiger partial charge is 0.508 e. The molecule has 0 saturated heterocycles. The Morgan fingerprint density at radius 2 is 1.93 bits per heavy atom. The fraction of sp³-hybridized carbons (Fsp3) is 0.125. The molecule has 0 spiro atoms. The van der Waals surface area contributed by atoms with E-state index >= 15 is 0 Å². The molecule has 0 aliphatic heterocycles. The fourth-order valence-corrected chi connectivity index (χ4v) is 1.56. The standard InChI is InChI=1S/C8H8O6S/c9-7-2-1-6(15(12,13)14)3-5(7)4-8(10)11/h1-3,9H,4H2,(H,10,11)(H,12,13,14). The highest BCUT2D eigenvalue weighted by atomic mass is 32.2. The van der Waals surface area contributed by atoms with Gasteiger partial charge in [-0.25, -0.2) is 0 Å². The third-order valence-corrected chi connectivity index (χ3v) is 2.54. The normalized spacial score (nSPS) is 11.3. The van der Waals surface area contributed by atoms with Crippen LogP contribution in [0, 0.1) is 0 Å². The summed E-state index contributed by atoms with van der Waals surface area (Å²) in [6.07, 6.45) is -0.519. The van der Waals surface area contributed by atoms with Gasteiger partial charge in [0.1, 0.15) is 5.75 Å². The Balaban J connectivity index is 3.23. The van der Waals surface area contributed by atoms with Crippen molar-refractivity contribution in [1.82, 2.24) is 0 Å². The molecule has 15 heavy (non-hydrogen) atoms. The number of hydrogen-bond acceptors (Lipinski definition) is 4. The Kier molecular flexibility index (Phi) is 2.96. The number of hydrogen-bond donors (Lipinski definition) is 3. The molecule has 1 aromatic rings. The van der Waals surface area contributed by atoms with Gasteiger partial charge in [-0.15, -0.1) is 0 Å². The van der Waals surface area contributed by atoms with Gasteiger partial charge in [0, 0.05) is 5.56 Å². The number of aromatic hydroxyl groups is 1. The van der Waals surface area contributed by atoms with E-state index in [1.165, 1.54) is 0 Å². The van der Waals surface area contributed by atoms with Gasteiger partial charge in [0.2, 0.25) is 0 Å². The molecule has 6 nitrogen and oxygen atoms in total. The van der Waals surface area contributed by atoms with Crippen molar-refractivity contribution in [1.29, 1.82) is 0 Å². The summed E-state index contributed by atoms with van der Waals surface area (Å²) in [6, 6.07) is 2.91. The highest BCUT2D eigenvalue weighted by Gasteiger charge is 2.13. The topological polar surface area (TPSA) is 112 Å². The van der Waals surface area contributed by atoms with Crippen molar-refractivity contribution in [2.24, 2.45) is 0 Å². The Morgan fingerprint density at radius 1 is 1.33 bits per heavy atom. The number of aliphatic carboxylic acids is 1. The average Bonchev–Trinajstić information content (AvgIpc) is 2.06. The van der Waals surface area contributed by atoms with Gasteiger partial charge in [-0.3, -0.25) is 9.35 Å². The zero-order valence-corrected chi connectivity index (χ0v) is 8.23. The Hall–Kier alpha value is -1.60. The Labute approximate surface area is 85.5 Å². The first-order valence-electron chi connectivity index (χ1n) is 3.82. The van der Waals surface area contributed by atoms with Gasteiger partial charge in [0.05, 0.1) is 11.3 Å². The second-order valence-electron chi connectivity index (χ2n) is 2.84. The van der Waals surface area contributed by atoms with E-state index in [-0.39, 0.29) is 11.3 Å². The molecule has 0 aliphatic rings. The minimum absolute atomic E-state index is 0.0716. The highest BCUT2D eigenvalue weighted by Crippen LogP contribution is 2.21. The number of rotatable bonds is 3. The average molecular weight is 232 g/mol. The van der Waals surface area contributed by atoms with Crippen LogP contribution in [0.25, 0.3) is 0 Å². The maximum absolute atomic E-state index is 10.7. The van der Waals surface area contributed by atoms with E-state index in [9.17, 15) is 18.3 Å². The first-order valence-corrected chi connectivity index (χ1v) is 5.26. The molecular weight excluding hydrogens is 224 g/mol. The number of carboxylic acids is 1. The van der Waals surface area contributed by atoms with Gasteiger partial charge in [-0.1, -0.05) is 0 Å². The molecule has 0 fully saturated rings. The lowest BCUT2D eigenvalue weighted by Gasteiger charge is -2.03. The number of carboxylic acid groups (broad SMARTS) is 1. The predicted octanol–water partition coefficient (Wildman–Crippen LogP) is 0.266. The molecule has 0 saturated carbocycles. The summed E-state index contributed by atoms with van der Waals surface area (Å²) in [7, 11) is -4.38. The number of phenols is 1. The monoisotopic (exact) mass is 232 g/mol. The lowest BCUT2D eigenvalue weighted by molar-refractivity contribution is -0.136. The second-order valence-corrected chi connectivity index (χ2v) is 4.26. The van der Waals surface area contributed by atoms with Gasteiger partial charge >= 0.3 is 5.97 Å². The molecule has 0 amide bonds. The van der Waals surface area contributed by atoms with Gasteiger partial charge in [0.25, 0.3) is 10.1 Å². The maximum Gasteiger partial charge on any atom is 0.307 e. The number of phenolic OH excluding ortho intramolecular Hbond substituents is 1. The first-order chi connectivity index (χ1) is 6.80. The van der Waals surface area contributed by atoms with Gasteiger partial charge < -0.3 is 10.2 Å². The van der Waals surface area contributed by atoms with Crippen LogP contribution in [0.4, 0.5) is 0 Å². The van der Waals surface area contributed by atoms with Gasteiger partial charge in [-0.2, -0.15) is 8.42 Å². The van der Waals surface area contributed by atoms with E-state index in [0.29, 0.717) is 0 Å². The van der Waals surface area contributed by atoms with Crippen LogP contribution in [0.1, 0.15) is 5.56 Å². The summed E-state index contributed by atoms with van der Waals surface area (Å²) in [4.78, 5) is 9.91. The highest BCUT2D eigenvalue weighted by molar-refractivity contribution is 7.85. The molecule has 1 rings (SSSR count). The molecule has 0 bridgehead atoms. The summed E-state index contributed by atoms with van der Waals surface area (Å²) in [5, 5.41) is 17.7. The lowest BCUT2D eigenvalue weighted by atomic mass is 10.1. The summed E-state index contributed by atoms with van der Waals surface area (Å²) in [5.41, 5.74) is -0.0716. The van der Waals surface area contributed by atoms with E-state index in [1.807, 2.05) is 0 Å². The van der Waals surface area contributed by atoms with Crippen LogP contribution in [-0.4, -0.2) is 29.2 Å². The summed E-state index contributed by atoms with van der Waals surface area (Å²) < 4.78 is 30.1. The van der Waals surface area contributed by atoms with Crippen molar-refractivity contribution < 1.29 is 28.0 Å². The number of benzene rings is 1. The van der Waals surface area contributed by atoms with Gasteiger partial charge in [0.15, 0.2) is 0 Å². The molecule has 0 aliphatic carbocycles. The van der Waals surface area contributed by atoms with Crippen LogP contribution < -0.4 is 0 Å². The van der Waals surface area contributed by atoms with Crippen LogP contribution in [0.2, 0.25) is 0 Å². The lowest BCUT2D eigenvalue weighted by Crippen LogP contribution is -2.03. The molecule has 0 aromatic heterocycles. The quantitative estimate of drug-likeness (QED) is 0.645. The van der Waals surface area contributed by atoms with Crippen molar-refractivity contribution in [3.8, 4) is 5.75 Å². The Bertz CT molecular complexity index is 490. The van der Waals surface area contributed by atoms with Gasteiger partial charge in [-0.05, 0) is 18.2 Å². The molecule has 7 heteroatoms. The molecule has 0 heterocycles. The molecule has 3 N–H and O–H groups in total. The van der Waals surface area contributed by atoms with Crippen LogP contribution in [0.15, 0.2) is 23.1 Å². The van der Waals surface area contributed by atoms with Crippen molar-refractivity contribution >= 4 is 16.1 Å². The molecule has 0 atom stereocenters. The zero-order valence-electron chi connectivity index (χ0n) is 7.41.